The van der Waals surface area contributed by atoms with Crippen molar-refractivity contribution in [3.05, 3.63) is 22.7 Å². The molecular weight excluding hydrogens is 272 g/mol. The second kappa shape index (κ2) is 5.03. The van der Waals surface area contributed by atoms with Gasteiger partial charge in [-0.25, -0.2) is 0 Å². The highest BCUT2D eigenvalue weighted by atomic mass is 79.9. The maximum absolute atomic E-state index is 9.09. The molecule has 5 heteroatoms. The molecule has 1 aromatic carbocycles. The van der Waals surface area contributed by atoms with E-state index < -0.39 is 0 Å². The first-order chi connectivity index (χ1) is 7.70. The van der Waals surface area contributed by atoms with Crippen molar-refractivity contribution in [1.82, 2.24) is 0 Å². The Labute approximate surface area is 103 Å². The molecule has 0 saturated carbocycles. The topological polar surface area (TPSA) is 58.7 Å². The summed E-state index contributed by atoms with van der Waals surface area (Å²) in [6.07, 6.45) is -0.0989. The fourth-order valence-corrected chi connectivity index (χ4v) is 2.48. The van der Waals surface area contributed by atoms with Crippen molar-refractivity contribution in [3.8, 4) is 0 Å². The third-order valence-electron chi connectivity index (χ3n) is 2.65. The summed E-state index contributed by atoms with van der Waals surface area (Å²) in [5, 5.41) is 9.09. The molecule has 1 heterocycles. The molecule has 1 atom stereocenters. The summed E-state index contributed by atoms with van der Waals surface area (Å²) in [6.45, 7) is 2.24. The molecule has 1 aliphatic rings. The molecule has 0 aromatic heterocycles. The predicted molar refractivity (Wildman–Crippen MR) is 67.6 cm³/mol. The third kappa shape index (κ3) is 2.48. The van der Waals surface area contributed by atoms with Crippen molar-refractivity contribution < 1.29 is 9.84 Å². The quantitative estimate of drug-likeness (QED) is 0.803. The van der Waals surface area contributed by atoms with E-state index in [1.54, 1.807) is 0 Å². The van der Waals surface area contributed by atoms with Gasteiger partial charge in [0.25, 0.3) is 0 Å². The fraction of sp³-hybridized carbons (Fsp3) is 0.455. The number of ether oxygens (including phenoxy) is 1. The zero-order valence-corrected chi connectivity index (χ0v) is 10.5. The van der Waals surface area contributed by atoms with Crippen LogP contribution in [-0.2, 0) is 4.74 Å². The van der Waals surface area contributed by atoms with E-state index in [-0.39, 0.29) is 12.7 Å². The monoisotopic (exact) mass is 286 g/mol. The molecule has 2 rings (SSSR count). The minimum atomic E-state index is -0.0989. The summed E-state index contributed by atoms with van der Waals surface area (Å²) in [6, 6.07) is 5.75. The SMILES string of the molecule is Nc1ccc(N2CCOC(CO)C2)c(Br)c1. The van der Waals surface area contributed by atoms with E-state index in [9.17, 15) is 0 Å². The number of aliphatic hydroxyl groups is 1. The minimum absolute atomic E-state index is 0.0586. The van der Waals surface area contributed by atoms with E-state index in [1.807, 2.05) is 18.2 Å². The van der Waals surface area contributed by atoms with Gasteiger partial charge in [0.05, 0.1) is 25.0 Å². The summed E-state index contributed by atoms with van der Waals surface area (Å²) in [5.74, 6) is 0. The first kappa shape index (κ1) is 11.7. The Balaban J connectivity index is 2.16. The van der Waals surface area contributed by atoms with Gasteiger partial charge in [0.15, 0.2) is 0 Å². The van der Waals surface area contributed by atoms with Crippen LogP contribution in [0.15, 0.2) is 22.7 Å². The normalized spacial score (nSPS) is 21.1. The van der Waals surface area contributed by atoms with Gasteiger partial charge in [0.1, 0.15) is 0 Å². The number of rotatable bonds is 2. The Kier molecular flexibility index (Phi) is 3.68. The number of hydrogen-bond donors (Lipinski definition) is 2. The van der Waals surface area contributed by atoms with Crippen LogP contribution in [0.25, 0.3) is 0 Å². The molecule has 16 heavy (non-hydrogen) atoms. The van der Waals surface area contributed by atoms with Crippen molar-refractivity contribution >= 4 is 27.3 Å². The van der Waals surface area contributed by atoms with Crippen LogP contribution >= 0.6 is 15.9 Å². The smallest absolute Gasteiger partial charge is 0.0980 e. The number of nitrogen functional groups attached to an aromatic ring is 1. The lowest BCUT2D eigenvalue weighted by molar-refractivity contribution is 0.00353. The van der Waals surface area contributed by atoms with Crippen LogP contribution < -0.4 is 10.6 Å². The summed E-state index contributed by atoms with van der Waals surface area (Å²) >= 11 is 3.50. The van der Waals surface area contributed by atoms with Crippen LogP contribution in [0.5, 0.6) is 0 Å². The van der Waals surface area contributed by atoms with Crippen molar-refractivity contribution in [2.24, 2.45) is 0 Å². The number of anilines is 2. The van der Waals surface area contributed by atoms with Gasteiger partial charge in [0, 0.05) is 23.2 Å². The number of halogens is 1. The lowest BCUT2D eigenvalue weighted by atomic mass is 10.2. The number of benzene rings is 1. The van der Waals surface area contributed by atoms with Crippen molar-refractivity contribution in [2.45, 2.75) is 6.10 Å². The maximum atomic E-state index is 9.09. The van der Waals surface area contributed by atoms with E-state index in [0.717, 1.165) is 22.4 Å². The first-order valence-electron chi connectivity index (χ1n) is 5.23. The number of aliphatic hydroxyl groups excluding tert-OH is 1. The standard InChI is InChI=1S/C11H15BrN2O2/c12-10-5-8(13)1-2-11(10)14-3-4-16-9(6-14)7-15/h1-2,5,9,15H,3-4,6-7,13H2. The number of nitrogens with two attached hydrogens (primary N) is 1. The molecule has 0 amide bonds. The molecule has 0 aliphatic carbocycles. The van der Waals surface area contributed by atoms with E-state index in [1.165, 1.54) is 0 Å². The van der Waals surface area contributed by atoms with Gasteiger partial charge in [-0.1, -0.05) is 0 Å². The third-order valence-corrected chi connectivity index (χ3v) is 3.29. The molecular formula is C11H15BrN2O2. The average Bonchev–Trinajstić information content (AvgIpc) is 2.29. The molecule has 1 aromatic rings. The van der Waals surface area contributed by atoms with Crippen LogP contribution in [0.1, 0.15) is 0 Å². The van der Waals surface area contributed by atoms with Gasteiger partial charge in [-0.15, -0.1) is 0 Å². The Morgan fingerprint density at radius 1 is 1.56 bits per heavy atom. The van der Waals surface area contributed by atoms with E-state index >= 15 is 0 Å². The highest BCUT2D eigenvalue weighted by molar-refractivity contribution is 9.10. The summed E-state index contributed by atoms with van der Waals surface area (Å²) in [4.78, 5) is 2.19. The average molecular weight is 287 g/mol. The van der Waals surface area contributed by atoms with Gasteiger partial charge in [-0.2, -0.15) is 0 Å². The Hall–Kier alpha value is -0.780. The van der Waals surface area contributed by atoms with Gasteiger partial charge >= 0.3 is 0 Å². The lowest BCUT2D eigenvalue weighted by Crippen LogP contribution is -2.44. The van der Waals surface area contributed by atoms with Crippen LogP contribution in [-0.4, -0.2) is 37.5 Å². The van der Waals surface area contributed by atoms with Gasteiger partial charge in [-0.3, -0.25) is 0 Å². The fourth-order valence-electron chi connectivity index (χ4n) is 1.83. The molecule has 0 radical (unpaired) electrons. The van der Waals surface area contributed by atoms with Crippen LogP contribution in [0.4, 0.5) is 11.4 Å². The maximum Gasteiger partial charge on any atom is 0.0980 e. The predicted octanol–water partition coefficient (Wildman–Crippen LogP) is 1.23. The zero-order valence-electron chi connectivity index (χ0n) is 8.90. The number of hydrogen-bond acceptors (Lipinski definition) is 4. The highest BCUT2D eigenvalue weighted by Gasteiger charge is 2.21. The first-order valence-corrected chi connectivity index (χ1v) is 6.02. The largest absolute Gasteiger partial charge is 0.399 e. The lowest BCUT2D eigenvalue weighted by Gasteiger charge is -2.34. The zero-order chi connectivity index (χ0) is 11.5. The molecule has 4 nitrogen and oxygen atoms in total. The summed E-state index contributed by atoms with van der Waals surface area (Å²) in [7, 11) is 0. The summed E-state index contributed by atoms with van der Waals surface area (Å²) in [5.41, 5.74) is 7.53. The molecule has 1 unspecified atom stereocenters. The van der Waals surface area contributed by atoms with Crippen LogP contribution in [0, 0.1) is 0 Å². The van der Waals surface area contributed by atoms with E-state index in [4.69, 9.17) is 15.6 Å². The molecule has 1 aliphatic heterocycles. The molecule has 0 spiro atoms. The Morgan fingerprint density at radius 2 is 2.38 bits per heavy atom. The highest BCUT2D eigenvalue weighted by Crippen LogP contribution is 2.29. The molecule has 1 saturated heterocycles. The van der Waals surface area contributed by atoms with Crippen molar-refractivity contribution in [2.75, 3.05) is 36.9 Å². The second-order valence-electron chi connectivity index (χ2n) is 3.83. The van der Waals surface area contributed by atoms with E-state index in [2.05, 4.69) is 20.8 Å². The van der Waals surface area contributed by atoms with Gasteiger partial charge < -0.3 is 20.5 Å². The minimum Gasteiger partial charge on any atom is -0.399 e. The molecule has 1 fully saturated rings. The van der Waals surface area contributed by atoms with Gasteiger partial charge in [0.2, 0.25) is 0 Å². The van der Waals surface area contributed by atoms with Crippen LogP contribution in [0.2, 0.25) is 0 Å². The number of nitrogens with zero attached hydrogens (tertiary/aromatic N) is 1. The number of morpholine rings is 1. The molecule has 0 bridgehead atoms. The molecule has 88 valence electrons. The van der Waals surface area contributed by atoms with E-state index in [0.29, 0.717) is 13.2 Å². The molecule has 3 N–H and O–H groups in total. The second-order valence-corrected chi connectivity index (χ2v) is 4.69. The van der Waals surface area contributed by atoms with Crippen molar-refractivity contribution in [3.63, 3.8) is 0 Å². The van der Waals surface area contributed by atoms with Gasteiger partial charge in [-0.05, 0) is 34.1 Å². The van der Waals surface area contributed by atoms with Crippen LogP contribution in [0.3, 0.4) is 0 Å². The Morgan fingerprint density at radius 3 is 3.06 bits per heavy atom. The summed E-state index contributed by atoms with van der Waals surface area (Å²) < 4.78 is 6.39. The Bertz CT molecular complexity index is 373. The van der Waals surface area contributed by atoms with Crippen molar-refractivity contribution in [1.29, 1.82) is 0 Å².